The molecule has 0 N–H and O–H groups in total. The minimum Gasteiger partial charge on any atom is -0.493 e. The first-order valence-corrected chi connectivity index (χ1v) is 11.2. The maximum Gasteiger partial charge on any atom is 0.254 e. The first kappa shape index (κ1) is 21.5. The number of aromatic nitrogens is 1. The third-order valence-corrected chi connectivity index (χ3v) is 6.11. The average Bonchev–Trinajstić information content (AvgIpc) is 3.10. The Bertz CT molecular complexity index is 1200. The fourth-order valence-electron chi connectivity index (χ4n) is 4.61. The van der Waals surface area contributed by atoms with Crippen molar-refractivity contribution in [1.29, 1.82) is 0 Å². The highest BCUT2D eigenvalue weighted by molar-refractivity contribution is 5.95. The number of rotatable bonds is 6. The summed E-state index contributed by atoms with van der Waals surface area (Å²) in [6.07, 6.45) is 0. The summed E-state index contributed by atoms with van der Waals surface area (Å²) in [5.41, 5.74) is 2.31. The van der Waals surface area contributed by atoms with Crippen LogP contribution in [0, 0.1) is 5.92 Å². The van der Waals surface area contributed by atoms with Crippen LogP contribution in [0.2, 0.25) is 0 Å². The third-order valence-electron chi connectivity index (χ3n) is 6.11. The maximum absolute atomic E-state index is 13.7. The number of carbonyl (C=O) groups is 1. The Hall–Kier alpha value is -3.32. The van der Waals surface area contributed by atoms with Crippen LogP contribution in [0.3, 0.4) is 0 Å². The van der Waals surface area contributed by atoms with Gasteiger partial charge in [-0.15, -0.1) is 0 Å². The number of methoxy groups -OCH3 is 1. The molecule has 1 saturated heterocycles. The Balaban J connectivity index is 1.45. The van der Waals surface area contributed by atoms with Crippen molar-refractivity contribution in [1.82, 2.24) is 14.8 Å². The molecule has 172 valence electrons. The van der Waals surface area contributed by atoms with Gasteiger partial charge in [0, 0.05) is 50.3 Å². The molecule has 2 aliphatic rings. The van der Waals surface area contributed by atoms with Crippen LogP contribution in [0.25, 0.3) is 10.9 Å². The van der Waals surface area contributed by atoms with Gasteiger partial charge in [-0.2, -0.15) is 0 Å². The van der Waals surface area contributed by atoms with Gasteiger partial charge in [-0.1, -0.05) is 24.3 Å². The molecule has 0 atom stereocenters. The zero-order valence-corrected chi connectivity index (χ0v) is 19.5. The number of likely N-dealkylation sites (tertiary alicyclic amines) is 1. The highest BCUT2D eigenvalue weighted by Gasteiger charge is 2.36. The Morgan fingerprint density at radius 1 is 1.18 bits per heavy atom. The van der Waals surface area contributed by atoms with Crippen molar-refractivity contribution in [3.63, 3.8) is 0 Å². The van der Waals surface area contributed by atoms with Crippen LogP contribution < -0.4 is 14.2 Å². The number of nitrogens with zero attached hydrogens (tertiary/aromatic N) is 3. The lowest BCUT2D eigenvalue weighted by atomic mass is 10.00. The van der Waals surface area contributed by atoms with Crippen molar-refractivity contribution >= 4 is 16.8 Å². The predicted molar refractivity (Wildman–Crippen MR) is 126 cm³/mol. The number of ether oxygens (including phenoxy) is 3. The molecule has 0 spiro atoms. The van der Waals surface area contributed by atoms with Crippen LogP contribution in [0.4, 0.5) is 0 Å². The van der Waals surface area contributed by atoms with Gasteiger partial charge >= 0.3 is 0 Å². The topological polar surface area (TPSA) is 64.1 Å². The van der Waals surface area contributed by atoms with E-state index in [4.69, 9.17) is 19.2 Å². The molecule has 1 aromatic heterocycles. The molecule has 3 heterocycles. The minimum atomic E-state index is -0.803. The zero-order valence-electron chi connectivity index (χ0n) is 19.5. The summed E-state index contributed by atoms with van der Waals surface area (Å²) in [4.78, 5) is 22.7. The molecule has 1 amide bonds. The van der Waals surface area contributed by atoms with E-state index in [0.717, 1.165) is 29.7 Å². The van der Waals surface area contributed by atoms with Crippen LogP contribution in [-0.4, -0.2) is 60.3 Å². The molecule has 1 fully saturated rings. The molecule has 7 heteroatoms. The average molecular weight is 448 g/mol. The summed E-state index contributed by atoms with van der Waals surface area (Å²) in [5, 5.41) is 1.09. The Labute approximate surface area is 193 Å². The number of para-hydroxylation sites is 1. The van der Waals surface area contributed by atoms with Gasteiger partial charge in [-0.05, 0) is 31.3 Å². The summed E-state index contributed by atoms with van der Waals surface area (Å²) < 4.78 is 17.3. The van der Waals surface area contributed by atoms with Crippen molar-refractivity contribution < 1.29 is 19.0 Å². The lowest BCUT2D eigenvalue weighted by Gasteiger charge is -2.39. The molecule has 0 saturated carbocycles. The SMILES string of the molecule is COc1cc(C(=O)N(Cc2ccc3ccccc3n2)CC2CN(C)C2)cc2c1OC(C)(C)O2. The second-order valence-electron chi connectivity index (χ2n) is 9.38. The van der Waals surface area contributed by atoms with Gasteiger partial charge in [0.15, 0.2) is 11.5 Å². The number of carbonyl (C=O) groups excluding carboxylic acids is 1. The van der Waals surface area contributed by atoms with Gasteiger partial charge in [0.1, 0.15) is 0 Å². The van der Waals surface area contributed by atoms with E-state index in [9.17, 15) is 4.79 Å². The second kappa shape index (κ2) is 8.23. The van der Waals surface area contributed by atoms with Crippen molar-refractivity contribution in [2.24, 2.45) is 5.92 Å². The van der Waals surface area contributed by atoms with Gasteiger partial charge < -0.3 is 24.0 Å². The number of fused-ring (bicyclic) bond motifs is 2. The lowest BCUT2D eigenvalue weighted by molar-refractivity contribution is -0.0439. The molecule has 2 aromatic carbocycles. The summed E-state index contributed by atoms with van der Waals surface area (Å²) in [7, 11) is 3.66. The van der Waals surface area contributed by atoms with E-state index >= 15 is 0 Å². The van der Waals surface area contributed by atoms with E-state index in [1.165, 1.54) is 0 Å². The summed E-state index contributed by atoms with van der Waals surface area (Å²) >= 11 is 0. The van der Waals surface area contributed by atoms with E-state index in [2.05, 4.69) is 18.0 Å². The number of amides is 1. The third kappa shape index (κ3) is 4.33. The number of hydrogen-bond donors (Lipinski definition) is 0. The molecule has 5 rings (SSSR count). The van der Waals surface area contributed by atoms with E-state index in [1.807, 2.05) is 49.1 Å². The number of pyridine rings is 1. The lowest BCUT2D eigenvalue weighted by Crippen LogP contribution is -2.50. The summed E-state index contributed by atoms with van der Waals surface area (Å²) in [6.45, 7) is 6.73. The molecule has 0 bridgehead atoms. The predicted octanol–water partition coefficient (Wildman–Crippen LogP) is 3.95. The fraction of sp³-hybridized carbons (Fsp3) is 0.385. The number of benzene rings is 2. The van der Waals surface area contributed by atoms with Crippen LogP contribution in [-0.2, 0) is 6.54 Å². The van der Waals surface area contributed by atoms with Gasteiger partial charge in [-0.3, -0.25) is 9.78 Å². The van der Waals surface area contributed by atoms with E-state index in [1.54, 1.807) is 19.2 Å². The number of hydrogen-bond acceptors (Lipinski definition) is 6. The molecule has 7 nitrogen and oxygen atoms in total. The first-order chi connectivity index (χ1) is 15.8. The molecule has 0 aliphatic carbocycles. The normalized spacial score (nSPS) is 17.1. The largest absolute Gasteiger partial charge is 0.493 e. The molecule has 33 heavy (non-hydrogen) atoms. The van der Waals surface area contributed by atoms with Gasteiger partial charge in [0.2, 0.25) is 11.5 Å². The van der Waals surface area contributed by atoms with Crippen molar-refractivity contribution in [3.8, 4) is 17.2 Å². The van der Waals surface area contributed by atoms with Crippen LogP contribution >= 0.6 is 0 Å². The monoisotopic (exact) mass is 447 g/mol. The fourth-order valence-corrected chi connectivity index (χ4v) is 4.61. The van der Waals surface area contributed by atoms with E-state index in [0.29, 0.717) is 41.8 Å². The molecule has 3 aromatic rings. The Kier molecular flexibility index (Phi) is 5.37. The van der Waals surface area contributed by atoms with Gasteiger partial charge in [0.25, 0.3) is 5.91 Å². The van der Waals surface area contributed by atoms with Crippen molar-refractivity contribution in [2.75, 3.05) is 33.8 Å². The Morgan fingerprint density at radius 2 is 1.97 bits per heavy atom. The zero-order chi connectivity index (χ0) is 23.2. The first-order valence-electron chi connectivity index (χ1n) is 11.2. The molecular formula is C26H29N3O4. The second-order valence-corrected chi connectivity index (χ2v) is 9.38. The van der Waals surface area contributed by atoms with Crippen molar-refractivity contribution in [3.05, 3.63) is 59.8 Å². The minimum absolute atomic E-state index is 0.0751. The molecule has 0 radical (unpaired) electrons. The molecule has 2 aliphatic heterocycles. The van der Waals surface area contributed by atoms with Gasteiger partial charge in [-0.25, -0.2) is 0 Å². The van der Waals surface area contributed by atoms with Gasteiger partial charge in [0.05, 0.1) is 24.9 Å². The van der Waals surface area contributed by atoms with Crippen LogP contribution in [0.5, 0.6) is 17.2 Å². The van der Waals surface area contributed by atoms with Crippen LogP contribution in [0.15, 0.2) is 48.5 Å². The molecular weight excluding hydrogens is 418 g/mol. The van der Waals surface area contributed by atoms with Crippen LogP contribution in [0.1, 0.15) is 29.9 Å². The Morgan fingerprint density at radius 3 is 2.73 bits per heavy atom. The smallest absolute Gasteiger partial charge is 0.254 e. The highest BCUT2D eigenvalue weighted by atomic mass is 16.7. The molecule has 0 unspecified atom stereocenters. The highest BCUT2D eigenvalue weighted by Crippen LogP contribution is 2.46. The van der Waals surface area contributed by atoms with Crippen molar-refractivity contribution in [2.45, 2.75) is 26.2 Å². The standard InChI is InChI=1S/C26H29N3O4/c1-26(2)32-23-12-19(11-22(31-4)24(23)33-26)25(30)29(15-17-13-28(3)14-17)16-20-10-9-18-7-5-6-8-21(18)27-20/h5-12,17H,13-16H2,1-4H3. The maximum atomic E-state index is 13.7. The summed E-state index contributed by atoms with van der Waals surface area (Å²) in [5.74, 6) is 1.11. The van der Waals surface area contributed by atoms with E-state index in [-0.39, 0.29) is 5.91 Å². The summed E-state index contributed by atoms with van der Waals surface area (Å²) in [6, 6.07) is 15.6. The van der Waals surface area contributed by atoms with E-state index < -0.39 is 5.79 Å². The quantitative estimate of drug-likeness (QED) is 0.570.